The molecule has 3 nitrogen and oxygen atoms in total. The zero-order chi connectivity index (χ0) is 12.7. The fourth-order valence-electron chi connectivity index (χ4n) is 2.08. The zero-order valence-corrected chi connectivity index (χ0v) is 10.6. The van der Waals surface area contributed by atoms with Crippen LogP contribution in [-0.4, -0.2) is 37.0 Å². The first-order chi connectivity index (χ1) is 8.79. The molecule has 0 atom stereocenters. The Morgan fingerprint density at radius 1 is 1.22 bits per heavy atom. The van der Waals surface area contributed by atoms with Gasteiger partial charge in [0, 0.05) is 39.1 Å². The number of benzene rings is 1. The second-order valence-electron chi connectivity index (χ2n) is 4.78. The van der Waals surface area contributed by atoms with Crippen molar-refractivity contribution in [3.8, 4) is 0 Å². The first kappa shape index (κ1) is 13.3. The summed E-state index contributed by atoms with van der Waals surface area (Å²) in [5.41, 5.74) is 0.614. The third-order valence-electron chi connectivity index (χ3n) is 3.25. The van der Waals surface area contributed by atoms with E-state index in [1.54, 1.807) is 0 Å². The quantitative estimate of drug-likeness (QED) is 0.780. The third kappa shape index (κ3) is 4.26. The number of hydrogen-bond acceptors (Lipinski definition) is 3. The minimum absolute atomic E-state index is 0.584. The summed E-state index contributed by atoms with van der Waals surface area (Å²) in [5, 5.41) is 13.5. The van der Waals surface area contributed by atoms with Crippen molar-refractivity contribution in [3.05, 3.63) is 42.0 Å². The van der Waals surface area contributed by atoms with Gasteiger partial charge in [0.1, 0.15) is 0 Å². The predicted octanol–water partition coefficient (Wildman–Crippen LogP) is 1.83. The number of ether oxygens (including phenoxy) is 1. The molecule has 0 aromatic heterocycles. The number of hydrogen-bond donors (Lipinski definition) is 2. The van der Waals surface area contributed by atoms with Gasteiger partial charge in [0.15, 0.2) is 0 Å². The predicted molar refractivity (Wildman–Crippen MR) is 73.3 cm³/mol. The van der Waals surface area contributed by atoms with E-state index in [0.29, 0.717) is 19.8 Å². The first-order valence-electron chi connectivity index (χ1n) is 6.51. The lowest BCUT2D eigenvalue weighted by Gasteiger charge is -2.32. The second-order valence-corrected chi connectivity index (χ2v) is 4.78. The minimum atomic E-state index is -0.584. The van der Waals surface area contributed by atoms with E-state index in [2.05, 4.69) is 29.6 Å². The average Bonchev–Trinajstić information content (AvgIpc) is 2.40. The molecule has 0 saturated carbocycles. The molecule has 0 bridgehead atoms. The maximum atomic E-state index is 10.2. The van der Waals surface area contributed by atoms with Crippen LogP contribution < -0.4 is 5.32 Å². The Morgan fingerprint density at radius 2 is 1.94 bits per heavy atom. The van der Waals surface area contributed by atoms with Crippen LogP contribution in [0.4, 0.5) is 0 Å². The van der Waals surface area contributed by atoms with Crippen molar-refractivity contribution < 1.29 is 9.84 Å². The Labute approximate surface area is 108 Å². The molecule has 2 rings (SSSR count). The molecule has 0 spiro atoms. The topological polar surface area (TPSA) is 41.5 Å². The summed E-state index contributed by atoms with van der Waals surface area (Å²) < 4.78 is 5.25. The Kier molecular flexibility index (Phi) is 4.93. The van der Waals surface area contributed by atoms with E-state index in [9.17, 15) is 5.11 Å². The highest BCUT2D eigenvalue weighted by Gasteiger charge is 2.28. The summed E-state index contributed by atoms with van der Waals surface area (Å²) in [6, 6.07) is 10.2. The van der Waals surface area contributed by atoms with E-state index >= 15 is 0 Å². The molecule has 18 heavy (non-hydrogen) atoms. The summed E-state index contributed by atoms with van der Waals surface area (Å²) in [7, 11) is 0. The largest absolute Gasteiger partial charge is 0.388 e. The molecule has 1 aromatic rings. The van der Waals surface area contributed by atoms with Gasteiger partial charge in [-0.05, 0) is 5.56 Å². The van der Waals surface area contributed by atoms with Gasteiger partial charge in [-0.1, -0.05) is 42.5 Å². The maximum Gasteiger partial charge on any atom is 0.0815 e. The number of nitrogens with one attached hydrogen (secondary N) is 1. The second kappa shape index (κ2) is 6.69. The molecule has 3 heteroatoms. The minimum Gasteiger partial charge on any atom is -0.388 e. The summed E-state index contributed by atoms with van der Waals surface area (Å²) in [6.45, 7) is 2.74. The fraction of sp³-hybridized carbons (Fsp3) is 0.467. The summed E-state index contributed by atoms with van der Waals surface area (Å²) in [4.78, 5) is 0. The number of aliphatic hydroxyl groups is 1. The van der Waals surface area contributed by atoms with Crippen LogP contribution >= 0.6 is 0 Å². The highest BCUT2D eigenvalue weighted by molar-refractivity contribution is 5.48. The molecular weight excluding hydrogens is 226 g/mol. The van der Waals surface area contributed by atoms with Gasteiger partial charge < -0.3 is 15.2 Å². The van der Waals surface area contributed by atoms with Gasteiger partial charge in [-0.25, -0.2) is 0 Å². The van der Waals surface area contributed by atoms with Gasteiger partial charge in [0.2, 0.25) is 0 Å². The molecule has 0 aliphatic carbocycles. The van der Waals surface area contributed by atoms with Crippen LogP contribution in [0.2, 0.25) is 0 Å². The highest BCUT2D eigenvalue weighted by atomic mass is 16.5. The standard InChI is InChI=1S/C15H21NO2/c17-15(8-11-18-12-9-15)13-16-10-4-7-14-5-2-1-3-6-14/h1-7,16-17H,8-13H2/b7-4+. The Morgan fingerprint density at radius 3 is 2.67 bits per heavy atom. The highest BCUT2D eigenvalue weighted by Crippen LogP contribution is 2.18. The zero-order valence-electron chi connectivity index (χ0n) is 10.6. The van der Waals surface area contributed by atoms with Gasteiger partial charge in [-0.15, -0.1) is 0 Å². The third-order valence-corrected chi connectivity index (χ3v) is 3.25. The Bertz CT molecular complexity index is 369. The van der Waals surface area contributed by atoms with Crippen molar-refractivity contribution in [1.29, 1.82) is 0 Å². The van der Waals surface area contributed by atoms with Crippen LogP contribution in [0.5, 0.6) is 0 Å². The van der Waals surface area contributed by atoms with Gasteiger partial charge >= 0.3 is 0 Å². The van der Waals surface area contributed by atoms with Crippen LogP contribution in [0.1, 0.15) is 18.4 Å². The lowest BCUT2D eigenvalue weighted by atomic mass is 9.94. The SMILES string of the molecule is OC1(CNC/C=C/c2ccccc2)CCOCC1. The van der Waals surface area contributed by atoms with Crippen molar-refractivity contribution >= 4 is 6.08 Å². The van der Waals surface area contributed by atoms with E-state index in [-0.39, 0.29) is 0 Å². The molecule has 1 saturated heterocycles. The monoisotopic (exact) mass is 247 g/mol. The molecule has 1 fully saturated rings. The van der Waals surface area contributed by atoms with Crippen LogP contribution in [-0.2, 0) is 4.74 Å². The molecule has 0 radical (unpaired) electrons. The molecule has 1 heterocycles. The summed E-state index contributed by atoms with van der Waals surface area (Å²) >= 11 is 0. The molecular formula is C15H21NO2. The van der Waals surface area contributed by atoms with Crippen molar-refractivity contribution in [2.24, 2.45) is 0 Å². The molecule has 1 aromatic carbocycles. The smallest absolute Gasteiger partial charge is 0.0815 e. The van der Waals surface area contributed by atoms with Gasteiger partial charge in [-0.2, -0.15) is 0 Å². The van der Waals surface area contributed by atoms with Crippen molar-refractivity contribution in [1.82, 2.24) is 5.32 Å². The molecule has 0 unspecified atom stereocenters. The van der Waals surface area contributed by atoms with E-state index in [4.69, 9.17) is 4.74 Å². The normalized spacial score (nSPS) is 19.2. The van der Waals surface area contributed by atoms with Gasteiger partial charge in [-0.3, -0.25) is 0 Å². The van der Waals surface area contributed by atoms with E-state index in [1.807, 2.05) is 18.2 Å². The fourth-order valence-corrected chi connectivity index (χ4v) is 2.08. The van der Waals surface area contributed by atoms with E-state index < -0.39 is 5.60 Å². The molecule has 1 aliphatic heterocycles. The molecule has 1 aliphatic rings. The van der Waals surface area contributed by atoms with Gasteiger partial charge in [0.25, 0.3) is 0 Å². The summed E-state index contributed by atoms with van der Waals surface area (Å²) in [5.74, 6) is 0. The Balaban J connectivity index is 1.68. The van der Waals surface area contributed by atoms with Crippen molar-refractivity contribution in [3.63, 3.8) is 0 Å². The van der Waals surface area contributed by atoms with Gasteiger partial charge in [0.05, 0.1) is 5.60 Å². The molecule has 98 valence electrons. The summed E-state index contributed by atoms with van der Waals surface area (Å²) in [6.07, 6.45) is 5.61. The number of rotatable bonds is 5. The molecule has 0 amide bonds. The van der Waals surface area contributed by atoms with Crippen LogP contribution in [0.25, 0.3) is 6.08 Å². The average molecular weight is 247 g/mol. The van der Waals surface area contributed by atoms with Crippen molar-refractivity contribution in [2.75, 3.05) is 26.3 Å². The Hall–Kier alpha value is -1.16. The van der Waals surface area contributed by atoms with E-state index in [0.717, 1.165) is 19.4 Å². The van der Waals surface area contributed by atoms with Crippen LogP contribution in [0, 0.1) is 0 Å². The lowest BCUT2D eigenvalue weighted by molar-refractivity contribution is -0.0610. The van der Waals surface area contributed by atoms with Crippen LogP contribution in [0.3, 0.4) is 0 Å². The molecule has 2 N–H and O–H groups in total. The van der Waals surface area contributed by atoms with Crippen molar-refractivity contribution in [2.45, 2.75) is 18.4 Å². The first-order valence-corrected chi connectivity index (χ1v) is 6.51. The lowest BCUT2D eigenvalue weighted by Crippen LogP contribution is -2.45. The maximum absolute atomic E-state index is 10.2. The van der Waals surface area contributed by atoms with Crippen LogP contribution in [0.15, 0.2) is 36.4 Å². The van der Waals surface area contributed by atoms with E-state index in [1.165, 1.54) is 5.56 Å².